The molecule has 0 unspecified atom stereocenters. The average molecular weight is 418 g/mol. The van der Waals surface area contributed by atoms with E-state index in [0.29, 0.717) is 25.1 Å². The highest BCUT2D eigenvalue weighted by Gasteiger charge is 2.25. The second-order valence-corrected chi connectivity index (χ2v) is 7.72. The summed E-state index contributed by atoms with van der Waals surface area (Å²) in [5.41, 5.74) is 7.09. The minimum absolute atomic E-state index is 0. The molecular weight excluding hydrogens is 386 g/mol. The molecule has 1 aromatic rings. The second kappa shape index (κ2) is 13.8. The van der Waals surface area contributed by atoms with Gasteiger partial charge in [-0.3, -0.25) is 4.79 Å². The van der Waals surface area contributed by atoms with E-state index >= 15 is 0 Å². The zero-order chi connectivity index (χ0) is 19.5. The van der Waals surface area contributed by atoms with Gasteiger partial charge in [0.15, 0.2) is 0 Å². The van der Waals surface area contributed by atoms with Crippen molar-refractivity contribution in [2.45, 2.75) is 44.8 Å². The van der Waals surface area contributed by atoms with Crippen LogP contribution in [0.4, 0.5) is 0 Å². The van der Waals surface area contributed by atoms with Crippen LogP contribution in [-0.4, -0.2) is 53.7 Å². The Morgan fingerprint density at radius 2 is 1.81 bits per heavy atom. The number of nitrogens with two attached hydrogens (primary N) is 1. The van der Waals surface area contributed by atoms with Crippen molar-refractivity contribution < 1.29 is 14.7 Å². The normalized spacial score (nSPS) is 14.1. The lowest BCUT2D eigenvalue weighted by Crippen LogP contribution is -2.53. The quantitative estimate of drug-likeness (QED) is 0.414. The molecule has 1 aromatic carbocycles. The van der Waals surface area contributed by atoms with E-state index in [2.05, 4.69) is 10.6 Å². The van der Waals surface area contributed by atoms with Crippen molar-refractivity contribution in [1.29, 1.82) is 0 Å². The molecule has 1 amide bonds. The van der Waals surface area contributed by atoms with Crippen LogP contribution in [0.5, 0.6) is 0 Å². The Morgan fingerprint density at radius 3 is 2.33 bits per heavy atom. The Bertz CT molecular complexity index is 560. The molecule has 0 aliphatic heterocycles. The first kappa shape index (κ1) is 25.7. The van der Waals surface area contributed by atoms with Crippen LogP contribution in [0.15, 0.2) is 30.3 Å². The van der Waals surface area contributed by atoms with E-state index < -0.39 is 18.1 Å². The van der Waals surface area contributed by atoms with Crippen LogP contribution in [0.1, 0.15) is 25.8 Å². The summed E-state index contributed by atoms with van der Waals surface area (Å²) in [5.74, 6) is -0.356. The number of hydrogen-bond donors (Lipinski definition) is 4. The minimum atomic E-state index is -1.01. The fourth-order valence-electron chi connectivity index (χ4n) is 2.39. The number of hydrogen-bond acceptors (Lipinski definition) is 5. The van der Waals surface area contributed by atoms with Crippen LogP contribution < -0.4 is 16.4 Å². The van der Waals surface area contributed by atoms with Gasteiger partial charge in [0, 0.05) is 12.6 Å². The molecule has 5 N–H and O–H groups in total. The lowest BCUT2D eigenvalue weighted by molar-refractivity contribution is -0.142. The first-order valence-electron chi connectivity index (χ1n) is 8.90. The van der Waals surface area contributed by atoms with E-state index in [1.165, 1.54) is 0 Å². The van der Waals surface area contributed by atoms with Crippen molar-refractivity contribution in [3.8, 4) is 0 Å². The van der Waals surface area contributed by atoms with Gasteiger partial charge in [-0.15, -0.1) is 12.4 Å². The molecule has 3 atom stereocenters. The smallest absolute Gasteiger partial charge is 0.326 e. The summed E-state index contributed by atoms with van der Waals surface area (Å²) < 4.78 is 0. The first-order chi connectivity index (χ1) is 12.3. The summed E-state index contributed by atoms with van der Waals surface area (Å²) in [6, 6.07) is 8.17. The Labute approximate surface area is 172 Å². The van der Waals surface area contributed by atoms with E-state index in [4.69, 9.17) is 5.73 Å². The van der Waals surface area contributed by atoms with Crippen molar-refractivity contribution >= 4 is 36.0 Å². The fourth-order valence-corrected chi connectivity index (χ4v) is 2.86. The highest BCUT2D eigenvalue weighted by Crippen LogP contribution is 2.07. The third-order valence-electron chi connectivity index (χ3n) is 4.28. The number of carboxylic acid groups (broad SMARTS) is 1. The molecule has 0 radical (unpaired) electrons. The summed E-state index contributed by atoms with van der Waals surface area (Å²) in [6.07, 6.45) is 2.78. The van der Waals surface area contributed by atoms with E-state index in [1.807, 2.05) is 50.4 Å². The van der Waals surface area contributed by atoms with E-state index in [0.717, 1.165) is 5.56 Å². The van der Waals surface area contributed by atoms with Gasteiger partial charge in [-0.2, -0.15) is 11.8 Å². The molecule has 0 bridgehead atoms. The van der Waals surface area contributed by atoms with Crippen LogP contribution in [0.3, 0.4) is 0 Å². The molecule has 27 heavy (non-hydrogen) atoms. The molecule has 0 fully saturated rings. The summed E-state index contributed by atoms with van der Waals surface area (Å²) in [5, 5.41) is 15.2. The average Bonchev–Trinajstić information content (AvgIpc) is 2.62. The molecule has 0 aromatic heterocycles. The topological polar surface area (TPSA) is 104 Å². The van der Waals surface area contributed by atoms with E-state index in [1.54, 1.807) is 11.8 Å². The number of benzene rings is 1. The number of amides is 1. The molecule has 0 saturated heterocycles. The highest BCUT2D eigenvalue weighted by atomic mass is 35.5. The number of thioether (sulfide) groups is 1. The Balaban J connectivity index is 0.00000676. The number of nitrogens with one attached hydrogen (secondary N) is 2. The van der Waals surface area contributed by atoms with Gasteiger partial charge in [0.2, 0.25) is 5.91 Å². The van der Waals surface area contributed by atoms with Crippen LogP contribution in [0, 0.1) is 5.92 Å². The molecule has 0 heterocycles. The van der Waals surface area contributed by atoms with Gasteiger partial charge in [-0.05, 0) is 36.3 Å². The largest absolute Gasteiger partial charge is 0.480 e. The Morgan fingerprint density at radius 1 is 1.19 bits per heavy atom. The second-order valence-electron chi connectivity index (χ2n) is 6.74. The molecule has 154 valence electrons. The molecule has 0 aliphatic rings. The van der Waals surface area contributed by atoms with Gasteiger partial charge in [0.1, 0.15) is 6.04 Å². The van der Waals surface area contributed by atoms with Gasteiger partial charge in [-0.25, -0.2) is 4.79 Å². The molecule has 0 aliphatic carbocycles. The molecule has 1 rings (SSSR count). The van der Waals surface area contributed by atoms with Crippen LogP contribution >= 0.6 is 24.2 Å². The molecule has 8 heteroatoms. The maximum Gasteiger partial charge on any atom is 0.326 e. The lowest BCUT2D eigenvalue weighted by Gasteiger charge is -2.24. The molecule has 6 nitrogen and oxygen atoms in total. The zero-order valence-corrected chi connectivity index (χ0v) is 17.8. The Kier molecular flexibility index (Phi) is 13.2. The predicted molar refractivity (Wildman–Crippen MR) is 115 cm³/mol. The number of carbonyl (C=O) groups excluding carboxylic acids is 1. The third-order valence-corrected chi connectivity index (χ3v) is 4.92. The number of halogens is 1. The van der Waals surface area contributed by atoms with E-state index in [-0.39, 0.29) is 30.3 Å². The van der Waals surface area contributed by atoms with Crippen molar-refractivity contribution in [3.05, 3.63) is 35.9 Å². The number of carboxylic acids is 1. The standard InChI is InChI=1S/C19H31N3O3S.ClH/c1-13(2)15(20)12-21-17(11-14-7-5-4-6-8-14)18(23)22-16(19(24)25)9-10-26-3;/h4-8,13,15-17,21H,9-12,20H2,1-3H3,(H,22,23)(H,24,25);1H/t15-,16+,17+;/m1./s1. The zero-order valence-electron chi connectivity index (χ0n) is 16.2. The van der Waals surface area contributed by atoms with Gasteiger partial charge in [0.05, 0.1) is 6.04 Å². The summed E-state index contributed by atoms with van der Waals surface area (Å²) >= 11 is 1.56. The van der Waals surface area contributed by atoms with Crippen molar-refractivity contribution in [2.75, 3.05) is 18.6 Å². The SMILES string of the molecule is CSCC[C@H](NC(=O)[C@H](Cc1ccccc1)NC[C@@H](N)C(C)C)C(=O)O.Cl. The van der Waals surface area contributed by atoms with Crippen molar-refractivity contribution in [3.63, 3.8) is 0 Å². The van der Waals surface area contributed by atoms with Gasteiger partial charge < -0.3 is 21.5 Å². The van der Waals surface area contributed by atoms with Crippen molar-refractivity contribution in [2.24, 2.45) is 11.7 Å². The fraction of sp³-hybridized carbons (Fsp3) is 0.579. The molecule has 0 saturated carbocycles. The molecular formula is C19H32ClN3O3S. The summed E-state index contributed by atoms with van der Waals surface area (Å²) in [6.45, 7) is 4.55. The maximum atomic E-state index is 12.7. The number of aliphatic carboxylic acids is 1. The van der Waals surface area contributed by atoms with Gasteiger partial charge >= 0.3 is 5.97 Å². The predicted octanol–water partition coefficient (Wildman–Crippen LogP) is 1.91. The highest BCUT2D eigenvalue weighted by molar-refractivity contribution is 7.98. The lowest BCUT2D eigenvalue weighted by atomic mass is 10.0. The maximum absolute atomic E-state index is 12.7. The molecule has 0 spiro atoms. The van der Waals surface area contributed by atoms with Gasteiger partial charge in [0.25, 0.3) is 0 Å². The number of carbonyl (C=O) groups is 2. The van der Waals surface area contributed by atoms with Crippen molar-refractivity contribution in [1.82, 2.24) is 10.6 Å². The van der Waals surface area contributed by atoms with Crippen LogP contribution in [0.2, 0.25) is 0 Å². The van der Waals surface area contributed by atoms with Crippen LogP contribution in [-0.2, 0) is 16.0 Å². The summed E-state index contributed by atoms with van der Waals surface area (Å²) in [7, 11) is 0. The first-order valence-corrected chi connectivity index (χ1v) is 10.3. The number of rotatable bonds is 12. The monoisotopic (exact) mass is 417 g/mol. The van der Waals surface area contributed by atoms with Crippen LogP contribution in [0.25, 0.3) is 0 Å². The van der Waals surface area contributed by atoms with Gasteiger partial charge in [-0.1, -0.05) is 44.2 Å². The van der Waals surface area contributed by atoms with E-state index in [9.17, 15) is 14.7 Å². The third kappa shape index (κ3) is 10.0. The minimum Gasteiger partial charge on any atom is -0.480 e. The summed E-state index contributed by atoms with van der Waals surface area (Å²) in [4.78, 5) is 24.1. The Hall–Kier alpha value is -1.28.